The second-order valence-corrected chi connectivity index (χ2v) is 15.9. The van der Waals surface area contributed by atoms with Crippen LogP contribution in [0.4, 0.5) is 0 Å². The number of esters is 1. The first kappa shape index (κ1) is 49.6. The molecule has 2 atom stereocenters. The fourth-order valence-corrected chi connectivity index (χ4v) is 7.59. The Balaban J connectivity index is 0.000000370. The fourth-order valence-electron chi connectivity index (χ4n) is 7.59. The van der Waals surface area contributed by atoms with Gasteiger partial charge in [0.2, 0.25) is 5.78 Å². The van der Waals surface area contributed by atoms with E-state index in [1.165, 1.54) is 106 Å². The summed E-state index contributed by atoms with van der Waals surface area (Å²) >= 11 is 0. The molecule has 1 amide bonds. The first-order valence-electron chi connectivity index (χ1n) is 21.6. The van der Waals surface area contributed by atoms with E-state index in [-0.39, 0.29) is 0 Å². The summed E-state index contributed by atoms with van der Waals surface area (Å²) in [5.74, 6) is -1.41. The van der Waals surface area contributed by atoms with Crippen molar-refractivity contribution in [2.24, 2.45) is 5.41 Å². The quantitative estimate of drug-likeness (QED) is 0.0632. The molecule has 3 heterocycles. The molecule has 0 radical (unpaired) electrons. The molecule has 1 aromatic heterocycles. The molecule has 9 nitrogen and oxygen atoms in total. The monoisotopic (exact) mass is 798 g/mol. The minimum absolute atomic E-state index is 0.292. The number of aromatic nitrogens is 1. The Morgan fingerprint density at radius 1 is 0.707 bits per heavy atom. The maximum absolute atomic E-state index is 12.5. The second-order valence-electron chi connectivity index (χ2n) is 15.9. The van der Waals surface area contributed by atoms with Crippen LogP contribution in [0.1, 0.15) is 127 Å². The minimum atomic E-state index is -0.710. The molecule has 58 heavy (non-hydrogen) atoms. The Morgan fingerprint density at radius 3 is 1.95 bits per heavy atom. The van der Waals surface area contributed by atoms with Crippen LogP contribution in [-0.4, -0.2) is 84.3 Å². The van der Waals surface area contributed by atoms with Gasteiger partial charge in [0.15, 0.2) is 0 Å². The van der Waals surface area contributed by atoms with Gasteiger partial charge in [-0.15, -0.1) is 0 Å². The number of likely N-dealkylation sites (tertiary alicyclic amines) is 2. The number of pyridine rings is 1. The summed E-state index contributed by atoms with van der Waals surface area (Å²) in [5, 5.41) is 0. The van der Waals surface area contributed by atoms with Gasteiger partial charge in [-0.1, -0.05) is 126 Å². The molecule has 2 fully saturated rings. The van der Waals surface area contributed by atoms with Gasteiger partial charge in [0.1, 0.15) is 19.6 Å². The maximum Gasteiger partial charge on any atom is 0.328 e. The van der Waals surface area contributed by atoms with Gasteiger partial charge in [0, 0.05) is 36.9 Å². The third kappa shape index (κ3) is 18.4. The number of unbranched alkanes of at least 4 members (excludes halogenated alkanes) is 5. The zero-order chi connectivity index (χ0) is 42.4. The van der Waals surface area contributed by atoms with Gasteiger partial charge in [-0.2, -0.15) is 0 Å². The van der Waals surface area contributed by atoms with Gasteiger partial charge < -0.3 is 24.1 Å². The number of hydrogen-bond acceptors (Lipinski definition) is 8. The Bertz CT molecular complexity index is 1540. The summed E-state index contributed by atoms with van der Waals surface area (Å²) in [7, 11) is 0. The predicted octanol–water partition coefficient (Wildman–Crippen LogP) is 9.24. The van der Waals surface area contributed by atoms with Crippen molar-refractivity contribution < 1.29 is 28.7 Å². The van der Waals surface area contributed by atoms with Crippen molar-refractivity contribution in [1.29, 1.82) is 0 Å². The smallest absolute Gasteiger partial charge is 0.328 e. The van der Waals surface area contributed by atoms with E-state index in [4.69, 9.17) is 14.3 Å². The Kier molecular flexibility index (Phi) is 25.4. The molecule has 0 unspecified atom stereocenters. The first-order valence-corrected chi connectivity index (χ1v) is 21.6. The average molecular weight is 798 g/mol. The van der Waals surface area contributed by atoms with E-state index in [1.54, 1.807) is 26.2 Å². The fraction of sp³-hybridized carbons (Fsp3) is 0.551. The molecule has 3 aromatic rings. The summed E-state index contributed by atoms with van der Waals surface area (Å²) in [6.45, 7) is 12.7. The van der Waals surface area contributed by atoms with Crippen LogP contribution in [0.3, 0.4) is 0 Å². The number of amides is 1. The van der Waals surface area contributed by atoms with E-state index in [0.717, 1.165) is 18.0 Å². The van der Waals surface area contributed by atoms with Gasteiger partial charge in [-0.3, -0.25) is 14.6 Å². The van der Waals surface area contributed by atoms with Gasteiger partial charge in [-0.05, 0) is 99.9 Å². The Morgan fingerprint density at radius 2 is 1.31 bits per heavy atom. The van der Waals surface area contributed by atoms with E-state index in [0.29, 0.717) is 38.8 Å². The Hall–Kier alpha value is -4.50. The standard InChI is InChI=1S/C27H39N.C20H28N2O4.2CH2O/c1(3-7-15-25-16-8-5-9-17-25)2-4-12-20-27-21-13-14-23-28(27)24-22-26-18-10-6-11-19-26;1-4-20(2,3)17(23)18(24)22-12-6-10-16(22)19(25)26-13-7-9-15-8-5-11-21-14-15;2*1-2/h5-6,8-11,16-19,27H,1-4,7,12-15,20-24H2;5,8,11,14,16H,4,6-7,9-10,12-13H2,1-3H3;2*1H2/t27-;16-;;/m00../s1. The number of nitrogens with zero attached hydrogens (tertiary/aromatic N) is 3. The number of benzene rings is 2. The molecule has 0 saturated carbocycles. The number of hydrogen-bond donors (Lipinski definition) is 0. The highest BCUT2D eigenvalue weighted by Crippen LogP contribution is 2.26. The third-order valence-corrected chi connectivity index (χ3v) is 11.4. The van der Waals surface area contributed by atoms with E-state index < -0.39 is 29.1 Å². The molecule has 2 aromatic carbocycles. The number of ether oxygens (including phenoxy) is 1. The minimum Gasteiger partial charge on any atom is -0.464 e. The lowest BCUT2D eigenvalue weighted by Crippen LogP contribution is -2.48. The van der Waals surface area contributed by atoms with E-state index in [9.17, 15) is 14.4 Å². The van der Waals surface area contributed by atoms with Gasteiger partial charge in [0.05, 0.1) is 6.61 Å². The summed E-state index contributed by atoms with van der Waals surface area (Å²) in [6, 6.07) is 26.0. The molecule has 0 N–H and O–H groups in total. The lowest BCUT2D eigenvalue weighted by atomic mass is 9.84. The zero-order valence-electron chi connectivity index (χ0n) is 35.8. The molecule has 5 rings (SSSR count). The summed E-state index contributed by atoms with van der Waals surface area (Å²) in [6.07, 6.45) is 23.4. The first-order chi connectivity index (χ1) is 28.3. The number of carbonyl (C=O) groups excluding carboxylic acids is 5. The van der Waals surface area contributed by atoms with Crippen molar-refractivity contribution in [1.82, 2.24) is 14.8 Å². The molecule has 0 spiro atoms. The number of Topliss-reactive ketones (excluding diaryl/α,β-unsaturated/α-hetero) is 1. The summed E-state index contributed by atoms with van der Waals surface area (Å²) < 4.78 is 5.36. The molecule has 2 saturated heterocycles. The predicted molar refractivity (Wildman–Crippen MR) is 233 cm³/mol. The highest BCUT2D eigenvalue weighted by molar-refractivity contribution is 6.38. The van der Waals surface area contributed by atoms with E-state index in [1.807, 2.05) is 32.6 Å². The average Bonchev–Trinajstić information content (AvgIpc) is 3.78. The van der Waals surface area contributed by atoms with Crippen molar-refractivity contribution in [2.75, 3.05) is 26.2 Å². The van der Waals surface area contributed by atoms with Crippen LogP contribution in [0.15, 0.2) is 85.2 Å². The molecule has 9 heteroatoms. The number of piperidine rings is 1. The van der Waals surface area contributed by atoms with E-state index in [2.05, 4.69) is 70.5 Å². The van der Waals surface area contributed by atoms with Crippen LogP contribution in [0.2, 0.25) is 0 Å². The van der Waals surface area contributed by atoms with Gasteiger partial charge in [-0.25, -0.2) is 4.79 Å². The van der Waals surface area contributed by atoms with Crippen LogP contribution in [0.5, 0.6) is 0 Å². The number of rotatable bonds is 20. The van der Waals surface area contributed by atoms with E-state index >= 15 is 0 Å². The van der Waals surface area contributed by atoms with Crippen molar-refractivity contribution >= 4 is 31.2 Å². The summed E-state index contributed by atoms with van der Waals surface area (Å²) in [5.41, 5.74) is 3.36. The molecule has 318 valence electrons. The molecule has 2 aliphatic heterocycles. The highest BCUT2D eigenvalue weighted by Gasteiger charge is 2.41. The van der Waals surface area contributed by atoms with Crippen molar-refractivity contribution in [3.63, 3.8) is 0 Å². The largest absolute Gasteiger partial charge is 0.464 e. The van der Waals surface area contributed by atoms with Crippen LogP contribution in [0, 0.1) is 5.41 Å². The number of aryl methyl sites for hydroxylation is 2. The second kappa shape index (κ2) is 29.7. The number of ketones is 1. The highest BCUT2D eigenvalue weighted by atomic mass is 16.5. The normalized spacial score (nSPS) is 16.4. The van der Waals surface area contributed by atoms with Crippen molar-refractivity contribution in [2.45, 2.75) is 142 Å². The Labute approximate surface area is 349 Å². The third-order valence-electron chi connectivity index (χ3n) is 11.4. The lowest BCUT2D eigenvalue weighted by Gasteiger charge is -2.36. The van der Waals surface area contributed by atoms with Gasteiger partial charge >= 0.3 is 5.97 Å². The van der Waals surface area contributed by atoms with Crippen molar-refractivity contribution in [3.05, 3.63) is 102 Å². The maximum atomic E-state index is 12.5. The number of carbonyl (C=O) groups is 5. The van der Waals surface area contributed by atoms with Crippen LogP contribution >= 0.6 is 0 Å². The SMILES string of the molecule is C=O.C=O.CCC(C)(C)C(=O)C(=O)N1CCC[C@H]1C(=O)OCCCc1cccnc1.c1ccc(CCCCCCCC[C@H]2CCCCN2CCc2ccccc2)cc1. The van der Waals surface area contributed by atoms with Crippen LogP contribution in [-0.2, 0) is 48.0 Å². The molecule has 0 bridgehead atoms. The summed E-state index contributed by atoms with van der Waals surface area (Å²) in [4.78, 5) is 61.6. The molecule has 0 aliphatic carbocycles. The molecular formula is C49H71N3O6. The van der Waals surface area contributed by atoms with Crippen LogP contribution < -0.4 is 0 Å². The van der Waals surface area contributed by atoms with Crippen molar-refractivity contribution in [3.8, 4) is 0 Å². The van der Waals surface area contributed by atoms with Crippen LogP contribution in [0.25, 0.3) is 0 Å². The zero-order valence-corrected chi connectivity index (χ0v) is 35.8. The topological polar surface area (TPSA) is 114 Å². The molecular weight excluding hydrogens is 727 g/mol. The molecule has 2 aliphatic rings. The van der Waals surface area contributed by atoms with Gasteiger partial charge in [0.25, 0.3) is 5.91 Å². The lowest BCUT2D eigenvalue weighted by molar-refractivity contribution is -0.157.